The summed E-state index contributed by atoms with van der Waals surface area (Å²) in [6.45, 7) is 14.4. The number of allylic oxidation sites excluding steroid dienone is 1. The van der Waals surface area contributed by atoms with Crippen LogP contribution in [0.3, 0.4) is 0 Å². The molecular weight excluding hydrogens is 208 g/mol. The second kappa shape index (κ2) is 6.28. The van der Waals surface area contributed by atoms with Crippen molar-refractivity contribution in [3.63, 3.8) is 0 Å². The zero-order valence-corrected chi connectivity index (χ0v) is 11.8. The highest BCUT2D eigenvalue weighted by Crippen LogP contribution is 2.41. The fourth-order valence-corrected chi connectivity index (χ4v) is 3.02. The number of hydrogen-bond donors (Lipinski definition) is 0. The third-order valence-corrected chi connectivity index (χ3v) is 4.35. The summed E-state index contributed by atoms with van der Waals surface area (Å²) in [5, 5.41) is 0. The van der Waals surface area contributed by atoms with Gasteiger partial charge in [0.15, 0.2) is 0 Å². The van der Waals surface area contributed by atoms with Crippen LogP contribution in [0.5, 0.6) is 0 Å². The summed E-state index contributed by atoms with van der Waals surface area (Å²) in [6, 6.07) is 0. The van der Waals surface area contributed by atoms with Crippen LogP contribution >= 0.6 is 0 Å². The molecule has 0 atom stereocenters. The van der Waals surface area contributed by atoms with Gasteiger partial charge < -0.3 is 4.74 Å². The van der Waals surface area contributed by atoms with Gasteiger partial charge in [-0.3, -0.25) is 0 Å². The molecule has 1 saturated carbocycles. The van der Waals surface area contributed by atoms with Gasteiger partial charge in [-0.05, 0) is 44.1 Å². The Hall–Kier alpha value is -0.720. The smallest absolute Gasteiger partial charge is 0.115 e. The maximum Gasteiger partial charge on any atom is 0.115 e. The molecule has 1 rings (SSSR count). The Labute approximate surface area is 107 Å². The number of ether oxygens (including phenoxy) is 1. The van der Waals surface area contributed by atoms with E-state index in [1.54, 1.807) is 0 Å². The molecule has 0 aliphatic heterocycles. The van der Waals surface area contributed by atoms with Crippen molar-refractivity contribution >= 4 is 0 Å². The van der Waals surface area contributed by atoms with Crippen LogP contribution in [0.4, 0.5) is 0 Å². The highest BCUT2D eigenvalue weighted by Gasteiger charge is 2.38. The van der Waals surface area contributed by atoms with E-state index in [0.29, 0.717) is 5.92 Å². The van der Waals surface area contributed by atoms with Crippen LogP contribution in [0, 0.1) is 5.92 Å². The van der Waals surface area contributed by atoms with Crippen LogP contribution in [0.1, 0.15) is 65.7 Å². The Bertz CT molecular complexity index is 267. The zero-order chi connectivity index (χ0) is 12.9. The standard InChI is InChI=1S/C16H28O/c1-6-16(7-2,17-14(5)13(3)4)15-11-9-8-10-12-15/h15H,3,5-12H2,1-2,4H3. The molecule has 1 nitrogen and oxygen atoms in total. The lowest BCUT2D eigenvalue weighted by Crippen LogP contribution is -2.40. The lowest BCUT2D eigenvalue weighted by atomic mass is 9.74. The lowest BCUT2D eigenvalue weighted by molar-refractivity contribution is -0.0623. The summed E-state index contributed by atoms with van der Waals surface area (Å²) in [4.78, 5) is 0. The van der Waals surface area contributed by atoms with Crippen LogP contribution in [0.2, 0.25) is 0 Å². The molecule has 0 bridgehead atoms. The van der Waals surface area contributed by atoms with Gasteiger partial charge in [-0.1, -0.05) is 46.3 Å². The number of hydrogen-bond acceptors (Lipinski definition) is 1. The Kier molecular flexibility index (Phi) is 5.30. The fourth-order valence-electron chi connectivity index (χ4n) is 3.02. The first-order valence-electron chi connectivity index (χ1n) is 7.09. The monoisotopic (exact) mass is 236 g/mol. The van der Waals surface area contributed by atoms with E-state index in [1.165, 1.54) is 32.1 Å². The Balaban J connectivity index is 2.79. The number of rotatable bonds is 6. The van der Waals surface area contributed by atoms with Crippen molar-refractivity contribution in [3.8, 4) is 0 Å². The molecular formula is C16H28O. The fraction of sp³-hybridized carbons (Fsp3) is 0.750. The van der Waals surface area contributed by atoms with Crippen molar-refractivity contribution in [3.05, 3.63) is 24.5 Å². The lowest BCUT2D eigenvalue weighted by Gasteiger charge is -2.42. The molecule has 0 aromatic heterocycles. The van der Waals surface area contributed by atoms with Gasteiger partial charge in [0, 0.05) is 0 Å². The summed E-state index contributed by atoms with van der Waals surface area (Å²) in [5.41, 5.74) is 0.947. The molecule has 1 aliphatic rings. The predicted molar refractivity (Wildman–Crippen MR) is 74.9 cm³/mol. The average Bonchev–Trinajstić information content (AvgIpc) is 2.36. The second-order valence-electron chi connectivity index (χ2n) is 5.41. The summed E-state index contributed by atoms with van der Waals surface area (Å²) in [5.74, 6) is 1.47. The van der Waals surface area contributed by atoms with E-state index in [0.717, 1.165) is 24.2 Å². The van der Waals surface area contributed by atoms with E-state index >= 15 is 0 Å². The summed E-state index contributed by atoms with van der Waals surface area (Å²) < 4.78 is 6.24. The van der Waals surface area contributed by atoms with Gasteiger partial charge in [0.05, 0.1) is 0 Å². The SMILES string of the molecule is C=C(C)C(=C)OC(CC)(CC)C1CCCCC1. The van der Waals surface area contributed by atoms with Gasteiger partial charge >= 0.3 is 0 Å². The molecule has 0 radical (unpaired) electrons. The molecule has 1 fully saturated rings. The molecule has 98 valence electrons. The van der Waals surface area contributed by atoms with Gasteiger partial charge in [-0.15, -0.1) is 0 Å². The summed E-state index contributed by atoms with van der Waals surface area (Å²) in [6.07, 6.45) is 8.86. The topological polar surface area (TPSA) is 9.23 Å². The minimum absolute atomic E-state index is 0.00352. The van der Waals surface area contributed by atoms with Gasteiger partial charge in [-0.2, -0.15) is 0 Å². The van der Waals surface area contributed by atoms with Crippen molar-refractivity contribution in [2.75, 3.05) is 0 Å². The van der Waals surface area contributed by atoms with Crippen LogP contribution < -0.4 is 0 Å². The maximum absolute atomic E-state index is 6.24. The van der Waals surface area contributed by atoms with Crippen LogP contribution in [-0.2, 0) is 4.74 Å². The molecule has 0 amide bonds. The van der Waals surface area contributed by atoms with E-state index in [4.69, 9.17) is 4.74 Å². The molecule has 0 saturated heterocycles. The van der Waals surface area contributed by atoms with Gasteiger partial charge in [-0.25, -0.2) is 0 Å². The molecule has 17 heavy (non-hydrogen) atoms. The molecule has 0 aromatic rings. The van der Waals surface area contributed by atoms with E-state index < -0.39 is 0 Å². The van der Waals surface area contributed by atoms with Crippen LogP contribution in [0.15, 0.2) is 24.5 Å². The van der Waals surface area contributed by atoms with E-state index in [9.17, 15) is 0 Å². The van der Waals surface area contributed by atoms with Crippen molar-refractivity contribution in [1.82, 2.24) is 0 Å². The first-order valence-corrected chi connectivity index (χ1v) is 7.09. The van der Waals surface area contributed by atoms with Crippen molar-refractivity contribution < 1.29 is 4.74 Å². The van der Waals surface area contributed by atoms with Crippen molar-refractivity contribution in [2.24, 2.45) is 5.92 Å². The third-order valence-electron chi connectivity index (χ3n) is 4.35. The average molecular weight is 236 g/mol. The third kappa shape index (κ3) is 3.37. The minimum atomic E-state index is -0.00352. The van der Waals surface area contributed by atoms with Crippen LogP contribution in [0.25, 0.3) is 0 Å². The normalized spacial score (nSPS) is 17.8. The predicted octanol–water partition coefficient (Wildman–Crippen LogP) is 5.23. The molecule has 0 spiro atoms. The Morgan fingerprint density at radius 2 is 1.65 bits per heavy atom. The molecule has 0 N–H and O–H groups in total. The van der Waals surface area contributed by atoms with Gasteiger partial charge in [0.2, 0.25) is 0 Å². The van der Waals surface area contributed by atoms with Gasteiger partial charge in [0.25, 0.3) is 0 Å². The Morgan fingerprint density at radius 3 is 2.06 bits per heavy atom. The highest BCUT2D eigenvalue weighted by molar-refractivity contribution is 5.17. The molecule has 0 heterocycles. The van der Waals surface area contributed by atoms with Crippen molar-refractivity contribution in [1.29, 1.82) is 0 Å². The highest BCUT2D eigenvalue weighted by atomic mass is 16.5. The van der Waals surface area contributed by atoms with Crippen molar-refractivity contribution in [2.45, 2.75) is 71.3 Å². The summed E-state index contributed by atoms with van der Waals surface area (Å²) in [7, 11) is 0. The van der Waals surface area contributed by atoms with E-state index in [-0.39, 0.29) is 5.60 Å². The first kappa shape index (κ1) is 14.3. The molecule has 0 unspecified atom stereocenters. The summed E-state index contributed by atoms with van der Waals surface area (Å²) >= 11 is 0. The van der Waals surface area contributed by atoms with E-state index in [1.807, 2.05) is 6.92 Å². The largest absolute Gasteiger partial charge is 0.487 e. The molecule has 0 aromatic carbocycles. The first-order chi connectivity index (χ1) is 8.05. The Morgan fingerprint density at radius 1 is 1.12 bits per heavy atom. The minimum Gasteiger partial charge on any atom is -0.487 e. The molecule has 1 aliphatic carbocycles. The van der Waals surface area contributed by atoms with Gasteiger partial charge in [0.1, 0.15) is 11.4 Å². The zero-order valence-electron chi connectivity index (χ0n) is 11.8. The maximum atomic E-state index is 6.24. The molecule has 1 heteroatoms. The second-order valence-corrected chi connectivity index (χ2v) is 5.41. The van der Waals surface area contributed by atoms with Crippen LogP contribution in [-0.4, -0.2) is 5.60 Å². The van der Waals surface area contributed by atoms with E-state index in [2.05, 4.69) is 27.0 Å². The quantitative estimate of drug-likeness (QED) is 0.453.